The van der Waals surface area contributed by atoms with Crippen LogP contribution < -0.4 is 4.18 Å². The highest BCUT2D eigenvalue weighted by Gasteiger charge is 2.49. The Morgan fingerprint density at radius 1 is 0.960 bits per heavy atom. The molecule has 0 saturated heterocycles. The molecule has 1 aromatic carbocycles. The zero-order chi connectivity index (χ0) is 18.2. The van der Waals surface area contributed by atoms with Crippen molar-refractivity contribution < 1.29 is 25.8 Å². The van der Waals surface area contributed by atoms with Gasteiger partial charge in [0.2, 0.25) is 0 Å². The molecule has 25 heavy (non-hydrogen) atoms. The van der Waals surface area contributed by atoms with Crippen molar-refractivity contribution in [2.45, 2.75) is 25.3 Å². The smallest absolute Gasteiger partial charge is 0.375 e. The van der Waals surface area contributed by atoms with Crippen LogP contribution in [-0.2, 0) is 10.1 Å². The van der Waals surface area contributed by atoms with Crippen LogP contribution >= 0.6 is 0 Å². The lowest BCUT2D eigenvalue weighted by Crippen LogP contribution is -2.28. The average molecular weight is 368 g/mol. The fraction of sp³-hybridized carbons (Fsp3) is 0.222. The Labute approximate surface area is 143 Å². The van der Waals surface area contributed by atoms with Crippen LogP contribution in [0.4, 0.5) is 13.2 Å². The molecule has 0 heterocycles. The van der Waals surface area contributed by atoms with Crippen molar-refractivity contribution >= 4 is 21.3 Å². The van der Waals surface area contributed by atoms with Gasteiger partial charge in [0.1, 0.15) is 0 Å². The summed E-state index contributed by atoms with van der Waals surface area (Å²) in [6, 6.07) is 3.40. The first-order valence-electron chi connectivity index (χ1n) is 7.57. The summed E-state index contributed by atoms with van der Waals surface area (Å²) < 4.78 is 66.1. The summed E-state index contributed by atoms with van der Waals surface area (Å²) in [4.78, 5) is 0. The van der Waals surface area contributed by atoms with Gasteiger partial charge in [-0.25, -0.2) is 0 Å². The molecule has 1 aromatic rings. The summed E-state index contributed by atoms with van der Waals surface area (Å²) in [6.07, 6.45) is 12.1. The fourth-order valence-electron chi connectivity index (χ4n) is 2.85. The van der Waals surface area contributed by atoms with E-state index in [-0.39, 0.29) is 5.75 Å². The van der Waals surface area contributed by atoms with E-state index in [1.165, 1.54) is 0 Å². The van der Waals surface area contributed by atoms with Gasteiger partial charge in [0, 0.05) is 11.1 Å². The van der Waals surface area contributed by atoms with Gasteiger partial charge in [0.25, 0.3) is 0 Å². The molecule has 0 atom stereocenters. The van der Waals surface area contributed by atoms with E-state index in [1.54, 1.807) is 31.2 Å². The summed E-state index contributed by atoms with van der Waals surface area (Å²) in [5.74, 6) is -0.266. The first-order chi connectivity index (χ1) is 11.7. The number of halogens is 3. The Morgan fingerprint density at radius 3 is 1.96 bits per heavy atom. The third kappa shape index (κ3) is 3.28. The predicted molar refractivity (Wildman–Crippen MR) is 90.2 cm³/mol. The second-order valence-electron chi connectivity index (χ2n) is 5.75. The molecule has 0 bridgehead atoms. The molecular weight excluding hydrogens is 353 g/mol. The van der Waals surface area contributed by atoms with Gasteiger partial charge in [-0.3, -0.25) is 0 Å². The van der Waals surface area contributed by atoms with Gasteiger partial charge >= 0.3 is 15.6 Å². The van der Waals surface area contributed by atoms with Crippen molar-refractivity contribution in [2.24, 2.45) is 0 Å². The molecule has 2 aliphatic carbocycles. The number of allylic oxidation sites excluding steroid dienone is 8. The Bertz CT molecular complexity index is 933. The summed E-state index contributed by atoms with van der Waals surface area (Å²) in [5, 5.41) is 0. The zero-order valence-electron chi connectivity index (χ0n) is 13.3. The fourth-order valence-corrected chi connectivity index (χ4v) is 3.38. The molecular formula is C18H15F3O3S. The molecule has 3 nitrogen and oxygen atoms in total. The molecule has 0 unspecified atom stereocenters. The van der Waals surface area contributed by atoms with Crippen LogP contribution in [0.3, 0.4) is 0 Å². The summed E-state index contributed by atoms with van der Waals surface area (Å²) in [6.45, 7) is 1.57. The number of rotatable bonds is 4. The molecule has 2 aliphatic rings. The molecule has 0 aliphatic heterocycles. The highest BCUT2D eigenvalue weighted by atomic mass is 32.2. The van der Waals surface area contributed by atoms with Crippen molar-refractivity contribution in [3.05, 3.63) is 65.3 Å². The normalized spacial score (nSPS) is 17.0. The maximum Gasteiger partial charge on any atom is 0.534 e. The van der Waals surface area contributed by atoms with Crippen LogP contribution in [0, 0.1) is 6.92 Å². The van der Waals surface area contributed by atoms with Crippen LogP contribution in [0.25, 0.3) is 11.1 Å². The summed E-state index contributed by atoms with van der Waals surface area (Å²) >= 11 is 0. The number of benzene rings is 1. The van der Waals surface area contributed by atoms with E-state index < -0.39 is 15.6 Å². The molecule has 7 heteroatoms. The second kappa shape index (κ2) is 6.22. The van der Waals surface area contributed by atoms with E-state index in [0.29, 0.717) is 35.1 Å². The van der Waals surface area contributed by atoms with E-state index in [4.69, 9.17) is 0 Å². The monoisotopic (exact) mass is 368 g/mol. The van der Waals surface area contributed by atoms with E-state index in [1.807, 2.05) is 24.3 Å². The molecule has 0 radical (unpaired) electrons. The average Bonchev–Trinajstić information content (AvgIpc) is 3.20. The number of alkyl halides is 3. The lowest BCUT2D eigenvalue weighted by molar-refractivity contribution is -0.0500. The standard InChI is InChI=1S/C18H15F3O3S/c1-12-15(13-6-2-3-7-13)10-11-16(14-8-4-5-9-14)17(12)24-25(22,23)18(19,20)21/h2-6,8,10-11H,7,9H2,1H3. The first-order valence-corrected chi connectivity index (χ1v) is 8.98. The lowest BCUT2D eigenvalue weighted by Gasteiger charge is -2.19. The van der Waals surface area contributed by atoms with E-state index in [0.717, 1.165) is 5.57 Å². The van der Waals surface area contributed by atoms with Crippen molar-refractivity contribution in [3.8, 4) is 5.75 Å². The molecule has 0 aromatic heterocycles. The summed E-state index contributed by atoms with van der Waals surface area (Å²) in [7, 11) is -5.75. The van der Waals surface area contributed by atoms with Crippen LogP contribution in [-0.4, -0.2) is 13.9 Å². The Kier molecular flexibility index (Phi) is 4.36. The Hall–Kier alpha value is -2.28. The van der Waals surface area contributed by atoms with E-state index in [2.05, 4.69) is 4.18 Å². The third-order valence-corrected chi connectivity index (χ3v) is 5.07. The lowest BCUT2D eigenvalue weighted by atomic mass is 9.93. The minimum atomic E-state index is -5.75. The van der Waals surface area contributed by atoms with Gasteiger partial charge in [-0.15, -0.1) is 0 Å². The molecule has 3 rings (SSSR count). The largest absolute Gasteiger partial charge is 0.534 e. The highest BCUT2D eigenvalue weighted by molar-refractivity contribution is 7.88. The molecule has 132 valence electrons. The van der Waals surface area contributed by atoms with Crippen LogP contribution in [0.1, 0.15) is 29.5 Å². The van der Waals surface area contributed by atoms with E-state index >= 15 is 0 Å². The van der Waals surface area contributed by atoms with Crippen LogP contribution in [0.15, 0.2) is 48.6 Å². The minimum absolute atomic E-state index is 0.266. The van der Waals surface area contributed by atoms with Gasteiger partial charge in [0.15, 0.2) is 5.75 Å². The van der Waals surface area contributed by atoms with Crippen LogP contribution in [0.2, 0.25) is 0 Å². The maximum absolute atomic E-state index is 12.8. The molecule has 0 spiro atoms. The van der Waals surface area contributed by atoms with Crippen molar-refractivity contribution in [1.82, 2.24) is 0 Å². The molecule has 0 amide bonds. The van der Waals surface area contributed by atoms with Crippen LogP contribution in [0.5, 0.6) is 5.75 Å². The second-order valence-corrected chi connectivity index (χ2v) is 7.28. The predicted octanol–water partition coefficient (Wildman–Crippen LogP) is 4.91. The molecule has 0 fully saturated rings. The van der Waals surface area contributed by atoms with Gasteiger partial charge in [-0.2, -0.15) is 21.6 Å². The molecule has 0 saturated carbocycles. The topological polar surface area (TPSA) is 43.4 Å². The Balaban J connectivity index is 2.13. The van der Waals surface area contributed by atoms with Gasteiger partial charge in [-0.05, 0) is 36.5 Å². The summed E-state index contributed by atoms with van der Waals surface area (Å²) in [5.41, 5.74) is -2.48. The SMILES string of the molecule is Cc1c(C2=CC=CC2)ccc(C2=CC=CC2)c1OS(=O)(=O)C(F)(F)F. The Morgan fingerprint density at radius 2 is 1.48 bits per heavy atom. The highest BCUT2D eigenvalue weighted by Crippen LogP contribution is 2.40. The van der Waals surface area contributed by atoms with Gasteiger partial charge in [-0.1, -0.05) is 48.6 Å². The number of hydrogen-bond donors (Lipinski definition) is 0. The first kappa shape index (κ1) is 17.5. The quantitative estimate of drug-likeness (QED) is 0.560. The third-order valence-electron chi connectivity index (χ3n) is 4.12. The van der Waals surface area contributed by atoms with Crippen molar-refractivity contribution in [3.63, 3.8) is 0 Å². The maximum atomic E-state index is 12.8. The molecule has 0 N–H and O–H groups in total. The zero-order valence-corrected chi connectivity index (χ0v) is 14.1. The van der Waals surface area contributed by atoms with Crippen molar-refractivity contribution in [2.75, 3.05) is 0 Å². The number of hydrogen-bond acceptors (Lipinski definition) is 3. The van der Waals surface area contributed by atoms with Gasteiger partial charge < -0.3 is 4.18 Å². The van der Waals surface area contributed by atoms with Gasteiger partial charge in [0.05, 0.1) is 0 Å². The minimum Gasteiger partial charge on any atom is -0.375 e. The van der Waals surface area contributed by atoms with E-state index in [9.17, 15) is 21.6 Å². The van der Waals surface area contributed by atoms with Crippen molar-refractivity contribution in [1.29, 1.82) is 0 Å².